The van der Waals surface area contributed by atoms with Crippen LogP contribution in [0, 0.1) is 24.1 Å². The van der Waals surface area contributed by atoms with Crippen LogP contribution in [0.1, 0.15) is 16.7 Å². The maximum absolute atomic E-state index is 13.9. The highest BCUT2D eigenvalue weighted by Gasteiger charge is 2.15. The van der Waals surface area contributed by atoms with Gasteiger partial charge in [-0.25, -0.2) is 4.39 Å². The Balaban J connectivity index is 1.76. The van der Waals surface area contributed by atoms with Crippen molar-refractivity contribution in [2.24, 2.45) is 0 Å². The van der Waals surface area contributed by atoms with Crippen LogP contribution in [0.2, 0.25) is 0 Å². The molecule has 0 aliphatic heterocycles. The van der Waals surface area contributed by atoms with Crippen molar-refractivity contribution in [2.75, 3.05) is 24.3 Å². The van der Waals surface area contributed by atoms with Crippen LogP contribution in [0.3, 0.4) is 0 Å². The molecule has 0 atom stereocenters. The number of rotatable bonds is 6. The topological polar surface area (TPSA) is 52.0 Å². The summed E-state index contributed by atoms with van der Waals surface area (Å²) >= 11 is 0. The first-order valence-corrected chi connectivity index (χ1v) is 10.9. The van der Waals surface area contributed by atoms with Gasteiger partial charge in [-0.2, -0.15) is 5.26 Å². The summed E-state index contributed by atoms with van der Waals surface area (Å²) < 4.78 is 13.9. The second-order valence-corrected chi connectivity index (χ2v) is 8.28. The molecule has 1 N–H and O–H groups in total. The molecule has 0 bridgehead atoms. The molecule has 0 aliphatic carbocycles. The van der Waals surface area contributed by atoms with Gasteiger partial charge in [-0.1, -0.05) is 18.7 Å². The van der Waals surface area contributed by atoms with Gasteiger partial charge < -0.3 is 10.2 Å². The lowest BCUT2D eigenvalue weighted by molar-refractivity contribution is 0.619. The van der Waals surface area contributed by atoms with E-state index in [2.05, 4.69) is 41.1 Å². The Labute approximate surface area is 199 Å². The summed E-state index contributed by atoms with van der Waals surface area (Å²) in [7, 11) is 3.98. The largest absolute Gasteiger partial charge is 0.377 e. The molecule has 4 rings (SSSR count). The van der Waals surface area contributed by atoms with E-state index >= 15 is 0 Å². The molecular weight excluding hydrogens is 423 g/mol. The zero-order chi connectivity index (χ0) is 24.2. The lowest BCUT2D eigenvalue weighted by Gasteiger charge is -2.21. The van der Waals surface area contributed by atoms with Crippen LogP contribution in [0.15, 0.2) is 85.6 Å². The fourth-order valence-electron chi connectivity index (χ4n) is 3.87. The first-order chi connectivity index (χ1) is 16.4. The Hall–Kier alpha value is -4.43. The normalized spacial score (nSPS) is 10.4. The summed E-state index contributed by atoms with van der Waals surface area (Å²) in [5.74, 6) is -0.232. The monoisotopic (exact) mass is 448 g/mol. The van der Waals surface area contributed by atoms with Crippen LogP contribution in [0.5, 0.6) is 0 Å². The molecule has 0 aliphatic rings. The van der Waals surface area contributed by atoms with E-state index in [0.717, 1.165) is 45.0 Å². The van der Waals surface area contributed by atoms with Gasteiger partial charge in [0.2, 0.25) is 0 Å². The Kier molecular flexibility index (Phi) is 6.42. The average molecular weight is 449 g/mol. The van der Waals surface area contributed by atoms with Gasteiger partial charge in [0.15, 0.2) is 0 Å². The molecule has 4 nitrogen and oxygen atoms in total. The number of benzene rings is 3. The summed E-state index contributed by atoms with van der Waals surface area (Å²) in [5.41, 5.74) is 8.31. The molecule has 168 valence electrons. The zero-order valence-electron chi connectivity index (χ0n) is 19.4. The van der Waals surface area contributed by atoms with Gasteiger partial charge in [0, 0.05) is 54.1 Å². The Morgan fingerprint density at radius 3 is 2.41 bits per heavy atom. The van der Waals surface area contributed by atoms with E-state index in [1.165, 1.54) is 6.07 Å². The lowest BCUT2D eigenvalue weighted by atomic mass is 9.95. The van der Waals surface area contributed by atoms with Gasteiger partial charge in [0.1, 0.15) is 5.82 Å². The molecule has 1 aromatic heterocycles. The highest BCUT2D eigenvalue weighted by molar-refractivity contribution is 5.88. The van der Waals surface area contributed by atoms with E-state index in [4.69, 9.17) is 5.26 Å². The molecule has 5 heteroatoms. The van der Waals surface area contributed by atoms with Crippen molar-refractivity contribution in [3.63, 3.8) is 0 Å². The van der Waals surface area contributed by atoms with Crippen molar-refractivity contribution < 1.29 is 4.39 Å². The third-order valence-corrected chi connectivity index (χ3v) is 5.66. The number of nitrogens with zero attached hydrogens (tertiary/aromatic N) is 3. The van der Waals surface area contributed by atoms with Crippen molar-refractivity contribution in [3.8, 4) is 28.5 Å². The molecule has 34 heavy (non-hydrogen) atoms. The number of pyridine rings is 1. The Morgan fingerprint density at radius 2 is 1.74 bits per heavy atom. The molecule has 1 heterocycles. The SMILES string of the molecule is C=C(Nc1ccc(C#N)cc1)c1cc(-c2cccnc2-c2ccc(F)c(C)c2)ccc1N(C)C. The third kappa shape index (κ3) is 4.67. The summed E-state index contributed by atoms with van der Waals surface area (Å²) in [4.78, 5) is 6.65. The van der Waals surface area contributed by atoms with Gasteiger partial charge in [-0.05, 0) is 78.7 Å². The molecule has 4 aromatic rings. The first-order valence-electron chi connectivity index (χ1n) is 10.9. The van der Waals surface area contributed by atoms with Gasteiger partial charge in [0.05, 0.1) is 17.3 Å². The van der Waals surface area contributed by atoms with Crippen molar-refractivity contribution in [1.29, 1.82) is 5.26 Å². The summed E-state index contributed by atoms with van der Waals surface area (Å²) in [5, 5.41) is 12.4. The first kappa shape index (κ1) is 22.8. The molecule has 0 spiro atoms. The van der Waals surface area contributed by atoms with Crippen molar-refractivity contribution in [3.05, 3.63) is 108 Å². The second-order valence-electron chi connectivity index (χ2n) is 8.28. The molecule has 0 saturated carbocycles. The maximum atomic E-state index is 13.9. The number of halogens is 1. The number of anilines is 2. The molecule has 0 fully saturated rings. The number of hydrogen-bond donors (Lipinski definition) is 1. The minimum absolute atomic E-state index is 0.232. The molecule has 0 radical (unpaired) electrons. The standard InChI is InChI=1S/C29H25FN4/c1-19-16-23(9-13-27(19)30)29-25(6-5-15-32-29)22-10-14-28(34(3)4)26(17-22)20(2)33-24-11-7-21(18-31)8-12-24/h5-17,33H,2H2,1,3-4H3. The third-order valence-electron chi connectivity index (χ3n) is 5.66. The van der Waals surface area contributed by atoms with Crippen LogP contribution in [0.4, 0.5) is 15.8 Å². The second kappa shape index (κ2) is 9.60. The van der Waals surface area contributed by atoms with E-state index < -0.39 is 0 Å². The fourth-order valence-corrected chi connectivity index (χ4v) is 3.87. The minimum atomic E-state index is -0.232. The average Bonchev–Trinajstić information content (AvgIpc) is 2.85. The predicted octanol–water partition coefficient (Wildman–Crippen LogP) is 6.88. The van der Waals surface area contributed by atoms with Crippen molar-refractivity contribution >= 4 is 17.1 Å². The van der Waals surface area contributed by atoms with E-state index in [-0.39, 0.29) is 5.82 Å². The quantitative estimate of drug-likeness (QED) is 0.349. The van der Waals surface area contributed by atoms with Crippen LogP contribution in [0.25, 0.3) is 28.1 Å². The Morgan fingerprint density at radius 1 is 1.00 bits per heavy atom. The molecule has 0 amide bonds. The molecular formula is C29H25FN4. The van der Waals surface area contributed by atoms with Crippen molar-refractivity contribution in [2.45, 2.75) is 6.92 Å². The molecule has 0 unspecified atom stereocenters. The summed E-state index contributed by atoms with van der Waals surface area (Å²) in [6.45, 7) is 6.04. The van der Waals surface area contributed by atoms with E-state index in [1.54, 1.807) is 31.3 Å². The van der Waals surface area contributed by atoms with Gasteiger partial charge in [-0.3, -0.25) is 4.98 Å². The summed E-state index contributed by atoms with van der Waals surface area (Å²) in [6, 6.07) is 24.6. The fraction of sp³-hybridized carbons (Fsp3) is 0.103. The number of nitrogens with one attached hydrogen (secondary N) is 1. The molecule has 3 aromatic carbocycles. The van der Waals surface area contributed by atoms with Gasteiger partial charge >= 0.3 is 0 Å². The highest BCUT2D eigenvalue weighted by atomic mass is 19.1. The van der Waals surface area contributed by atoms with Crippen LogP contribution < -0.4 is 10.2 Å². The van der Waals surface area contributed by atoms with E-state index in [1.807, 2.05) is 49.3 Å². The van der Waals surface area contributed by atoms with Crippen molar-refractivity contribution in [1.82, 2.24) is 4.98 Å². The zero-order valence-corrected chi connectivity index (χ0v) is 19.4. The number of hydrogen-bond acceptors (Lipinski definition) is 4. The van der Waals surface area contributed by atoms with Crippen LogP contribution in [-0.4, -0.2) is 19.1 Å². The Bertz CT molecular complexity index is 1400. The van der Waals surface area contributed by atoms with E-state index in [9.17, 15) is 4.39 Å². The van der Waals surface area contributed by atoms with Crippen LogP contribution in [-0.2, 0) is 0 Å². The number of nitriles is 1. The molecule has 0 saturated heterocycles. The smallest absolute Gasteiger partial charge is 0.126 e. The minimum Gasteiger partial charge on any atom is -0.377 e. The predicted molar refractivity (Wildman–Crippen MR) is 138 cm³/mol. The summed E-state index contributed by atoms with van der Waals surface area (Å²) in [6.07, 6.45) is 1.75. The highest BCUT2D eigenvalue weighted by Crippen LogP contribution is 2.35. The lowest BCUT2D eigenvalue weighted by Crippen LogP contribution is -2.12. The number of aryl methyl sites for hydroxylation is 1. The van der Waals surface area contributed by atoms with Gasteiger partial charge in [-0.15, -0.1) is 0 Å². The van der Waals surface area contributed by atoms with Crippen LogP contribution >= 0.6 is 0 Å². The van der Waals surface area contributed by atoms with Gasteiger partial charge in [0.25, 0.3) is 0 Å². The maximum Gasteiger partial charge on any atom is 0.126 e. The number of aromatic nitrogens is 1. The van der Waals surface area contributed by atoms with E-state index in [0.29, 0.717) is 11.1 Å².